The molecule has 2 amide bonds. The number of morpholine rings is 1. The Morgan fingerprint density at radius 3 is 2.74 bits per heavy atom. The summed E-state index contributed by atoms with van der Waals surface area (Å²) in [6, 6.07) is 0.304. The third kappa shape index (κ3) is 2.23. The molecule has 0 spiro atoms. The molecule has 1 aliphatic carbocycles. The van der Waals surface area contributed by atoms with Crippen LogP contribution in [-0.2, 0) is 9.47 Å². The van der Waals surface area contributed by atoms with Gasteiger partial charge in [-0.05, 0) is 12.8 Å². The number of carbonyl (C=O) groups is 1. The van der Waals surface area contributed by atoms with Crippen LogP contribution in [0.5, 0.6) is 0 Å². The molecule has 5 nitrogen and oxygen atoms in total. The molecule has 0 bridgehead atoms. The Bertz CT molecular complexity index is 353. The largest absolute Gasteiger partial charge is 0.378 e. The topological polar surface area (TPSA) is 50.8 Å². The van der Waals surface area contributed by atoms with Crippen molar-refractivity contribution < 1.29 is 14.3 Å². The lowest BCUT2D eigenvalue weighted by molar-refractivity contribution is -0.189. The second-order valence-corrected chi connectivity index (χ2v) is 6.45. The fraction of sp³-hybridized carbons (Fsp3) is 0.929. The number of ether oxygens (including phenoxy) is 2. The van der Waals surface area contributed by atoms with Crippen molar-refractivity contribution in [2.24, 2.45) is 11.3 Å². The van der Waals surface area contributed by atoms with Gasteiger partial charge in [-0.25, -0.2) is 4.79 Å². The van der Waals surface area contributed by atoms with E-state index < -0.39 is 0 Å². The van der Waals surface area contributed by atoms with E-state index in [9.17, 15) is 4.79 Å². The van der Waals surface area contributed by atoms with Gasteiger partial charge < -0.3 is 19.7 Å². The van der Waals surface area contributed by atoms with E-state index in [1.165, 1.54) is 6.42 Å². The maximum absolute atomic E-state index is 12.3. The minimum Gasteiger partial charge on any atom is -0.378 e. The average Bonchev–Trinajstić information content (AvgIpc) is 2.45. The first-order chi connectivity index (χ1) is 9.10. The molecule has 0 aromatic rings. The summed E-state index contributed by atoms with van der Waals surface area (Å²) in [5.74, 6) is 0.494. The summed E-state index contributed by atoms with van der Waals surface area (Å²) in [7, 11) is 0. The van der Waals surface area contributed by atoms with Gasteiger partial charge in [0, 0.05) is 37.1 Å². The Balaban J connectivity index is 1.61. The van der Waals surface area contributed by atoms with E-state index in [4.69, 9.17) is 9.47 Å². The van der Waals surface area contributed by atoms with E-state index in [1.807, 2.05) is 4.90 Å². The molecule has 2 saturated heterocycles. The molecule has 0 aromatic carbocycles. The van der Waals surface area contributed by atoms with Gasteiger partial charge in [0.2, 0.25) is 0 Å². The van der Waals surface area contributed by atoms with Crippen LogP contribution in [-0.4, -0.2) is 56.0 Å². The molecule has 3 rings (SSSR count). The predicted molar refractivity (Wildman–Crippen MR) is 71.0 cm³/mol. The fourth-order valence-corrected chi connectivity index (χ4v) is 3.81. The Hall–Kier alpha value is -0.810. The number of carbonyl (C=O) groups excluding carboxylic acids is 1. The van der Waals surface area contributed by atoms with E-state index in [1.54, 1.807) is 0 Å². The number of rotatable bonds is 1. The van der Waals surface area contributed by atoms with Crippen LogP contribution in [0.15, 0.2) is 0 Å². The zero-order valence-electron chi connectivity index (χ0n) is 11.9. The van der Waals surface area contributed by atoms with Crippen molar-refractivity contribution in [3.63, 3.8) is 0 Å². The summed E-state index contributed by atoms with van der Waals surface area (Å²) in [6.45, 7) is 7.96. The summed E-state index contributed by atoms with van der Waals surface area (Å²) in [5.41, 5.74) is 0.0486. The quantitative estimate of drug-likeness (QED) is 0.778. The van der Waals surface area contributed by atoms with Crippen LogP contribution in [0.4, 0.5) is 4.79 Å². The van der Waals surface area contributed by atoms with Gasteiger partial charge in [0.05, 0.1) is 19.3 Å². The molecule has 2 aliphatic heterocycles. The van der Waals surface area contributed by atoms with Crippen molar-refractivity contribution in [2.45, 2.75) is 38.8 Å². The Labute approximate surface area is 114 Å². The smallest absolute Gasteiger partial charge is 0.317 e. The standard InChI is InChI=1S/C14H24N2O3/c1-14(2)11(10-4-3-7-19-12(10)14)15-13(17)16-5-8-18-9-6-16/h10-12H,3-9H2,1-2H3,(H,15,17)/t10-,11+,12-/m0/s1. The molecule has 5 heteroatoms. The number of nitrogens with zero attached hydrogens (tertiary/aromatic N) is 1. The minimum absolute atomic E-state index is 0.0486. The van der Waals surface area contributed by atoms with Crippen molar-refractivity contribution in [3.8, 4) is 0 Å². The monoisotopic (exact) mass is 268 g/mol. The Kier molecular flexibility index (Phi) is 3.43. The van der Waals surface area contributed by atoms with Gasteiger partial charge in [-0.15, -0.1) is 0 Å². The van der Waals surface area contributed by atoms with Crippen molar-refractivity contribution >= 4 is 6.03 Å². The number of nitrogens with one attached hydrogen (secondary N) is 1. The van der Waals surface area contributed by atoms with Crippen LogP contribution < -0.4 is 5.32 Å². The van der Waals surface area contributed by atoms with Gasteiger partial charge in [-0.1, -0.05) is 13.8 Å². The third-order valence-corrected chi connectivity index (χ3v) is 4.91. The lowest BCUT2D eigenvalue weighted by Gasteiger charge is -2.60. The summed E-state index contributed by atoms with van der Waals surface area (Å²) in [5, 5.41) is 3.23. The predicted octanol–water partition coefficient (Wildman–Crippen LogP) is 1.23. The van der Waals surface area contributed by atoms with Crippen molar-refractivity contribution in [1.29, 1.82) is 0 Å². The summed E-state index contributed by atoms with van der Waals surface area (Å²) in [4.78, 5) is 14.1. The second-order valence-electron chi connectivity index (χ2n) is 6.45. The highest BCUT2D eigenvalue weighted by Gasteiger charge is 2.58. The van der Waals surface area contributed by atoms with E-state index in [-0.39, 0.29) is 17.5 Å². The third-order valence-electron chi connectivity index (χ3n) is 4.91. The molecule has 108 valence electrons. The highest BCUT2D eigenvalue weighted by atomic mass is 16.5. The van der Waals surface area contributed by atoms with Crippen molar-refractivity contribution in [3.05, 3.63) is 0 Å². The first-order valence-electron chi connectivity index (χ1n) is 7.35. The highest BCUT2D eigenvalue weighted by molar-refractivity contribution is 5.75. The van der Waals surface area contributed by atoms with Crippen molar-refractivity contribution in [1.82, 2.24) is 10.2 Å². The van der Waals surface area contributed by atoms with Gasteiger partial charge in [-0.2, -0.15) is 0 Å². The van der Waals surface area contributed by atoms with E-state index >= 15 is 0 Å². The first-order valence-corrected chi connectivity index (χ1v) is 7.35. The minimum atomic E-state index is 0.0486. The SMILES string of the molecule is CC1(C)[C@H](NC(=O)N2CCOCC2)[C@@H]2CCCO[C@@H]21. The molecule has 0 radical (unpaired) electrons. The van der Waals surface area contributed by atoms with Gasteiger partial charge in [-0.3, -0.25) is 0 Å². The van der Waals surface area contributed by atoms with Crippen LogP contribution in [0.1, 0.15) is 26.7 Å². The molecule has 0 unspecified atom stereocenters. The molecule has 1 N–H and O–H groups in total. The molecule has 19 heavy (non-hydrogen) atoms. The van der Waals surface area contributed by atoms with Crippen LogP contribution >= 0.6 is 0 Å². The van der Waals surface area contributed by atoms with Gasteiger partial charge in [0.15, 0.2) is 0 Å². The number of urea groups is 1. The Morgan fingerprint density at radius 1 is 1.26 bits per heavy atom. The van der Waals surface area contributed by atoms with Crippen LogP contribution in [0, 0.1) is 11.3 Å². The number of hydrogen-bond donors (Lipinski definition) is 1. The second kappa shape index (κ2) is 4.94. The maximum Gasteiger partial charge on any atom is 0.317 e. The van der Waals surface area contributed by atoms with Crippen molar-refractivity contribution in [2.75, 3.05) is 32.9 Å². The molecule has 3 aliphatic rings. The van der Waals surface area contributed by atoms with E-state index in [0.29, 0.717) is 38.3 Å². The molecule has 3 atom stereocenters. The molecular formula is C14H24N2O3. The summed E-state index contributed by atoms with van der Waals surface area (Å²) in [6.07, 6.45) is 2.60. The average molecular weight is 268 g/mol. The Morgan fingerprint density at radius 2 is 2.00 bits per heavy atom. The van der Waals surface area contributed by atoms with Crippen LogP contribution in [0.3, 0.4) is 0 Å². The molecule has 3 fully saturated rings. The van der Waals surface area contributed by atoms with Gasteiger partial charge >= 0.3 is 6.03 Å². The van der Waals surface area contributed by atoms with Crippen LogP contribution in [0.25, 0.3) is 0 Å². The normalized spacial score (nSPS) is 37.2. The summed E-state index contributed by atoms with van der Waals surface area (Å²) >= 11 is 0. The zero-order valence-corrected chi connectivity index (χ0v) is 11.9. The summed E-state index contributed by atoms with van der Waals surface area (Å²) < 4.78 is 11.1. The highest BCUT2D eigenvalue weighted by Crippen LogP contribution is 2.51. The number of hydrogen-bond acceptors (Lipinski definition) is 3. The molecule has 1 saturated carbocycles. The van der Waals surface area contributed by atoms with E-state index in [2.05, 4.69) is 19.2 Å². The molecule has 0 aromatic heterocycles. The molecule has 2 heterocycles. The van der Waals surface area contributed by atoms with E-state index in [0.717, 1.165) is 13.0 Å². The van der Waals surface area contributed by atoms with Crippen LogP contribution in [0.2, 0.25) is 0 Å². The lowest BCUT2D eigenvalue weighted by atomic mass is 9.55. The zero-order chi connectivity index (χ0) is 13.5. The van der Waals surface area contributed by atoms with Gasteiger partial charge in [0.25, 0.3) is 0 Å². The molecular weight excluding hydrogens is 244 g/mol. The lowest BCUT2D eigenvalue weighted by Crippen LogP contribution is -2.71. The number of fused-ring (bicyclic) bond motifs is 1. The maximum atomic E-state index is 12.3. The fourth-order valence-electron chi connectivity index (χ4n) is 3.81. The first kappa shape index (κ1) is 13.2. The number of amides is 2. The van der Waals surface area contributed by atoms with Gasteiger partial charge in [0.1, 0.15) is 0 Å².